The summed E-state index contributed by atoms with van der Waals surface area (Å²) in [5, 5.41) is 17.7. The summed E-state index contributed by atoms with van der Waals surface area (Å²) >= 11 is 0. The quantitative estimate of drug-likeness (QED) is 0.351. The van der Waals surface area contributed by atoms with Crippen LogP contribution in [-0.2, 0) is 16.1 Å². The van der Waals surface area contributed by atoms with E-state index < -0.39 is 22.4 Å². The number of carbonyl (C=O) groups is 2. The molecule has 1 N–H and O–H groups in total. The minimum atomic E-state index is -0.528. The fourth-order valence-corrected chi connectivity index (χ4v) is 2.74. The van der Waals surface area contributed by atoms with E-state index in [9.17, 15) is 24.5 Å². The highest BCUT2D eigenvalue weighted by atomic mass is 16.6. The maximum atomic E-state index is 12.4. The van der Waals surface area contributed by atoms with E-state index in [-0.39, 0.29) is 18.8 Å². The minimum absolute atomic E-state index is 0.110. The topological polar surface area (TPSA) is 133 Å². The van der Waals surface area contributed by atoms with Crippen LogP contribution in [0.4, 0.5) is 11.4 Å². The molecule has 3 aromatic rings. The van der Waals surface area contributed by atoms with Crippen molar-refractivity contribution in [1.29, 1.82) is 0 Å². The van der Waals surface area contributed by atoms with Crippen molar-refractivity contribution >= 4 is 23.3 Å². The zero-order valence-electron chi connectivity index (χ0n) is 16.5. The summed E-state index contributed by atoms with van der Waals surface area (Å²) in [5.74, 6) is -0.969. The summed E-state index contributed by atoms with van der Waals surface area (Å²) in [6.07, 6.45) is 0. The molecule has 3 rings (SSSR count). The van der Waals surface area contributed by atoms with Gasteiger partial charge in [-0.05, 0) is 37.3 Å². The van der Waals surface area contributed by atoms with Gasteiger partial charge in [0.1, 0.15) is 6.54 Å². The maximum absolute atomic E-state index is 12.4. The molecule has 0 fully saturated rings. The van der Waals surface area contributed by atoms with E-state index in [0.29, 0.717) is 22.5 Å². The first-order valence-corrected chi connectivity index (χ1v) is 9.27. The van der Waals surface area contributed by atoms with E-state index >= 15 is 0 Å². The maximum Gasteiger partial charge on any atom is 0.338 e. The first kappa shape index (κ1) is 21.4. The highest BCUT2D eigenvalue weighted by Crippen LogP contribution is 2.21. The number of nitro groups is 1. The average Bonchev–Trinajstić information content (AvgIpc) is 2.76. The molecule has 1 aromatic heterocycles. The number of nitrogens with one attached hydrogen (secondary N) is 1. The zero-order valence-corrected chi connectivity index (χ0v) is 16.5. The first-order valence-electron chi connectivity index (χ1n) is 9.27. The third-order valence-corrected chi connectivity index (χ3v) is 4.19. The molecular weight excluding hydrogens is 404 g/mol. The molecule has 158 valence electrons. The first-order chi connectivity index (χ1) is 14.9. The molecule has 1 amide bonds. The summed E-state index contributed by atoms with van der Waals surface area (Å²) < 4.78 is 5.87. The van der Waals surface area contributed by atoms with Gasteiger partial charge in [-0.1, -0.05) is 12.1 Å². The molecule has 0 radical (unpaired) electrons. The van der Waals surface area contributed by atoms with Gasteiger partial charge in [0, 0.05) is 29.4 Å². The number of hydrogen-bond acceptors (Lipinski definition) is 7. The van der Waals surface area contributed by atoms with Crippen molar-refractivity contribution in [3.05, 3.63) is 86.7 Å². The van der Waals surface area contributed by atoms with Crippen LogP contribution in [0.3, 0.4) is 0 Å². The molecule has 10 nitrogen and oxygen atoms in total. The van der Waals surface area contributed by atoms with Gasteiger partial charge in [-0.15, -0.1) is 0 Å². The van der Waals surface area contributed by atoms with Gasteiger partial charge >= 0.3 is 5.97 Å². The van der Waals surface area contributed by atoms with Gasteiger partial charge in [-0.3, -0.25) is 19.7 Å². The number of nitro benzene ring substituents is 1. The normalized spacial score (nSPS) is 10.4. The van der Waals surface area contributed by atoms with Crippen LogP contribution in [-0.4, -0.2) is 33.2 Å². The predicted octanol–water partition coefficient (Wildman–Crippen LogP) is 2.63. The Hall–Kier alpha value is -4.34. The molecule has 0 aliphatic rings. The number of esters is 1. The number of benzene rings is 2. The monoisotopic (exact) mass is 422 g/mol. The van der Waals surface area contributed by atoms with Gasteiger partial charge in [-0.25, -0.2) is 9.48 Å². The van der Waals surface area contributed by atoms with Crippen LogP contribution in [0, 0.1) is 10.1 Å². The zero-order chi connectivity index (χ0) is 22.4. The molecule has 0 saturated carbocycles. The fraction of sp³-hybridized carbons (Fsp3) is 0.143. The second kappa shape index (κ2) is 9.44. The van der Waals surface area contributed by atoms with Crippen molar-refractivity contribution in [2.24, 2.45) is 0 Å². The van der Waals surface area contributed by atoms with Crippen LogP contribution in [0.5, 0.6) is 0 Å². The second-order valence-electron chi connectivity index (χ2n) is 6.37. The second-order valence-corrected chi connectivity index (χ2v) is 6.37. The van der Waals surface area contributed by atoms with Gasteiger partial charge in [0.2, 0.25) is 5.91 Å². The van der Waals surface area contributed by atoms with Crippen molar-refractivity contribution in [2.75, 3.05) is 11.9 Å². The number of amides is 1. The van der Waals surface area contributed by atoms with Crippen molar-refractivity contribution in [2.45, 2.75) is 13.5 Å². The van der Waals surface area contributed by atoms with E-state index in [4.69, 9.17) is 4.74 Å². The van der Waals surface area contributed by atoms with E-state index in [1.54, 1.807) is 25.1 Å². The molecule has 10 heteroatoms. The molecule has 0 saturated heterocycles. The summed E-state index contributed by atoms with van der Waals surface area (Å²) in [4.78, 5) is 46.6. The summed E-state index contributed by atoms with van der Waals surface area (Å²) in [6, 6.07) is 14.6. The molecule has 0 spiro atoms. The summed E-state index contributed by atoms with van der Waals surface area (Å²) in [6.45, 7) is 1.60. The molecular formula is C21H18N4O6. The van der Waals surface area contributed by atoms with Crippen LogP contribution >= 0.6 is 0 Å². The van der Waals surface area contributed by atoms with E-state index in [2.05, 4.69) is 10.4 Å². The van der Waals surface area contributed by atoms with Crippen molar-refractivity contribution in [3.63, 3.8) is 0 Å². The molecule has 0 unspecified atom stereocenters. The molecule has 2 aromatic carbocycles. The van der Waals surface area contributed by atoms with Gasteiger partial charge in [0.05, 0.1) is 22.8 Å². The predicted molar refractivity (Wildman–Crippen MR) is 112 cm³/mol. The third-order valence-electron chi connectivity index (χ3n) is 4.19. The Morgan fingerprint density at radius 2 is 1.87 bits per heavy atom. The lowest BCUT2D eigenvalue weighted by atomic mass is 10.1. The fourth-order valence-electron chi connectivity index (χ4n) is 2.74. The van der Waals surface area contributed by atoms with Crippen molar-refractivity contribution < 1.29 is 19.2 Å². The number of rotatable bonds is 7. The molecule has 31 heavy (non-hydrogen) atoms. The Morgan fingerprint density at radius 3 is 2.55 bits per heavy atom. The van der Waals surface area contributed by atoms with Gasteiger partial charge in [0.25, 0.3) is 11.2 Å². The molecule has 0 aliphatic carbocycles. The SMILES string of the molecule is CCOC(=O)c1ccc(NC(=O)Cn2nc(-c3cccc([N+](=O)[O-])c3)ccc2=O)cc1. The lowest BCUT2D eigenvalue weighted by Gasteiger charge is -2.09. The summed E-state index contributed by atoms with van der Waals surface area (Å²) in [7, 11) is 0. The number of anilines is 1. The van der Waals surface area contributed by atoms with Gasteiger partial charge in [-0.2, -0.15) is 5.10 Å². The third kappa shape index (κ3) is 5.38. The number of aromatic nitrogens is 2. The van der Waals surface area contributed by atoms with Crippen LogP contribution in [0.1, 0.15) is 17.3 Å². The van der Waals surface area contributed by atoms with Crippen LogP contribution in [0.25, 0.3) is 11.3 Å². The van der Waals surface area contributed by atoms with Crippen LogP contribution in [0.2, 0.25) is 0 Å². The van der Waals surface area contributed by atoms with E-state index in [0.717, 1.165) is 4.68 Å². The highest BCUT2D eigenvalue weighted by molar-refractivity contribution is 5.93. The molecule has 1 heterocycles. The number of carbonyl (C=O) groups excluding carboxylic acids is 2. The number of nitrogens with zero attached hydrogens (tertiary/aromatic N) is 3. The number of hydrogen-bond donors (Lipinski definition) is 1. The lowest BCUT2D eigenvalue weighted by molar-refractivity contribution is -0.384. The Labute approximate surface area is 176 Å². The van der Waals surface area contributed by atoms with E-state index in [1.165, 1.54) is 42.5 Å². The molecule has 0 aliphatic heterocycles. The van der Waals surface area contributed by atoms with Crippen LogP contribution in [0.15, 0.2) is 65.5 Å². The smallest absolute Gasteiger partial charge is 0.338 e. The van der Waals surface area contributed by atoms with Crippen molar-refractivity contribution in [1.82, 2.24) is 9.78 Å². The number of non-ortho nitro benzene ring substituents is 1. The molecule has 0 bridgehead atoms. The summed E-state index contributed by atoms with van der Waals surface area (Å²) in [5.41, 5.74) is 0.930. The van der Waals surface area contributed by atoms with Gasteiger partial charge in [0.15, 0.2) is 0 Å². The Bertz CT molecular complexity index is 1190. The molecule has 0 atom stereocenters. The number of ether oxygens (including phenoxy) is 1. The highest BCUT2D eigenvalue weighted by Gasteiger charge is 2.12. The Kier molecular flexibility index (Phi) is 6.51. The Balaban J connectivity index is 1.74. The standard InChI is InChI=1S/C21H18N4O6/c1-2-31-21(28)14-6-8-16(9-7-14)22-19(26)13-24-20(27)11-10-18(23-24)15-4-3-5-17(12-15)25(29)30/h3-12H,2,13H2,1H3,(H,22,26). The lowest BCUT2D eigenvalue weighted by Crippen LogP contribution is -2.29. The average molecular weight is 422 g/mol. The van der Waals surface area contributed by atoms with Crippen LogP contribution < -0.4 is 10.9 Å². The van der Waals surface area contributed by atoms with Gasteiger partial charge < -0.3 is 10.1 Å². The van der Waals surface area contributed by atoms with E-state index in [1.807, 2.05) is 0 Å². The largest absolute Gasteiger partial charge is 0.462 e. The Morgan fingerprint density at radius 1 is 1.13 bits per heavy atom. The minimum Gasteiger partial charge on any atom is -0.462 e. The van der Waals surface area contributed by atoms with Crippen molar-refractivity contribution in [3.8, 4) is 11.3 Å².